The summed E-state index contributed by atoms with van der Waals surface area (Å²) in [6.07, 6.45) is 49.8. The zero-order valence-corrected chi connectivity index (χ0v) is 28.0. The van der Waals surface area contributed by atoms with Gasteiger partial charge in [0, 0.05) is 0 Å². The quantitative estimate of drug-likeness (QED) is 0.0750. The maximum atomic E-state index is 2.30. The van der Waals surface area contributed by atoms with E-state index in [0.717, 1.165) is 0 Å². The first kappa shape index (κ1) is 40.1. The lowest BCUT2D eigenvalue weighted by molar-refractivity contribution is 0.526. The van der Waals surface area contributed by atoms with Gasteiger partial charge in [-0.05, 0) is 0 Å². The van der Waals surface area contributed by atoms with Crippen molar-refractivity contribution in [3.63, 3.8) is 0 Å². The van der Waals surface area contributed by atoms with Crippen molar-refractivity contribution in [1.29, 1.82) is 0 Å². The Labute approximate surface area is 245 Å². The lowest BCUT2D eigenvalue weighted by Gasteiger charge is -2.03. The molecule has 0 aromatic heterocycles. The predicted molar refractivity (Wildman–Crippen MR) is 180 cm³/mol. The van der Waals surface area contributed by atoms with E-state index in [4.69, 9.17) is 0 Å². The summed E-state index contributed by atoms with van der Waals surface area (Å²) in [5.41, 5.74) is 0. The summed E-state index contributed by atoms with van der Waals surface area (Å²) in [6.45, 7) is 9.18. The summed E-state index contributed by atoms with van der Waals surface area (Å²) >= 11 is 0. The largest absolute Gasteiger partial charge is 0.0654 e. The van der Waals surface area contributed by atoms with Crippen molar-refractivity contribution in [1.82, 2.24) is 0 Å². The average Bonchev–Trinajstić information content (AvgIpc) is 2.93. The molecule has 0 aliphatic rings. The van der Waals surface area contributed by atoms with Crippen molar-refractivity contribution >= 4 is 0 Å². The van der Waals surface area contributed by atoms with E-state index < -0.39 is 0 Å². The molecule has 0 fully saturated rings. The fourth-order valence-corrected chi connectivity index (χ4v) is 5.60. The minimum absolute atomic E-state index is 1.37. The van der Waals surface area contributed by atoms with Crippen LogP contribution in [0.3, 0.4) is 0 Å². The molecule has 0 aromatic carbocycles. The van der Waals surface area contributed by atoms with Crippen molar-refractivity contribution in [3.05, 3.63) is 0 Å². The van der Waals surface area contributed by atoms with Gasteiger partial charge >= 0.3 is 0 Å². The van der Waals surface area contributed by atoms with Crippen LogP contribution in [-0.4, -0.2) is 0 Å². The van der Waals surface area contributed by atoms with E-state index in [1.54, 1.807) is 0 Å². The molecule has 0 unspecified atom stereocenters. The highest BCUT2D eigenvalue weighted by Crippen LogP contribution is 2.15. The molecule has 0 aromatic rings. The van der Waals surface area contributed by atoms with Gasteiger partial charge in [-0.2, -0.15) is 0 Å². The Kier molecular flexibility index (Phi) is 43.8. The Bertz CT molecular complexity index is 312. The summed E-state index contributed by atoms with van der Waals surface area (Å²) in [5.74, 6) is 0. The number of rotatable bonds is 32. The van der Waals surface area contributed by atoms with E-state index in [0.29, 0.717) is 0 Å². The topological polar surface area (TPSA) is 0 Å². The van der Waals surface area contributed by atoms with Crippen molar-refractivity contribution in [2.24, 2.45) is 0 Å². The highest BCUT2D eigenvalue weighted by Gasteiger charge is 1.95. The minimum Gasteiger partial charge on any atom is -0.0654 e. The van der Waals surface area contributed by atoms with Crippen LogP contribution in [0.4, 0.5) is 0 Å². The molecule has 0 atom stereocenters. The second-order valence-electron chi connectivity index (χ2n) is 12.6. The van der Waals surface area contributed by atoms with Crippen LogP contribution in [0, 0.1) is 0 Å². The third-order valence-electron chi connectivity index (χ3n) is 8.41. The van der Waals surface area contributed by atoms with Gasteiger partial charge < -0.3 is 0 Å². The SMILES string of the molecule is CCCCCCCCCCCCCCCCCC.CCCCCCCCCCCCCCCCCCCC. The fraction of sp³-hybridized carbons (Fsp3) is 1.00. The highest BCUT2D eigenvalue weighted by atomic mass is 14.0. The molecule has 0 aliphatic carbocycles. The lowest BCUT2D eigenvalue weighted by Crippen LogP contribution is -1.83. The van der Waals surface area contributed by atoms with Crippen molar-refractivity contribution < 1.29 is 0 Å². The first-order valence-electron chi connectivity index (χ1n) is 18.8. The van der Waals surface area contributed by atoms with Crippen molar-refractivity contribution in [2.45, 2.75) is 246 Å². The second kappa shape index (κ2) is 41.5. The minimum atomic E-state index is 1.37. The summed E-state index contributed by atoms with van der Waals surface area (Å²) < 4.78 is 0. The molecule has 232 valence electrons. The standard InChI is InChI=1S/C20H42.C18H38/c1-3-5-7-9-11-13-15-17-19-20-18-16-14-12-10-8-6-4-2;1-3-5-7-9-11-13-15-17-18-16-14-12-10-8-6-4-2/h3-20H2,1-2H3;3-18H2,1-2H3. The molecule has 0 rings (SSSR count). The van der Waals surface area contributed by atoms with Crippen LogP contribution in [0.25, 0.3) is 0 Å². The van der Waals surface area contributed by atoms with Gasteiger partial charge in [-0.1, -0.05) is 246 Å². The van der Waals surface area contributed by atoms with Gasteiger partial charge in [-0.15, -0.1) is 0 Å². The van der Waals surface area contributed by atoms with Gasteiger partial charge in [0.25, 0.3) is 0 Å². The molecule has 0 N–H and O–H groups in total. The van der Waals surface area contributed by atoms with Crippen LogP contribution in [0.15, 0.2) is 0 Å². The molecule has 0 radical (unpaired) electrons. The van der Waals surface area contributed by atoms with Gasteiger partial charge in [0.15, 0.2) is 0 Å². The molecule has 0 saturated heterocycles. The van der Waals surface area contributed by atoms with Crippen LogP contribution >= 0.6 is 0 Å². The van der Waals surface area contributed by atoms with Crippen molar-refractivity contribution in [2.75, 3.05) is 0 Å². The van der Waals surface area contributed by atoms with Gasteiger partial charge in [-0.3, -0.25) is 0 Å². The highest BCUT2D eigenvalue weighted by molar-refractivity contribution is 4.51. The van der Waals surface area contributed by atoms with Crippen LogP contribution in [-0.2, 0) is 0 Å². The van der Waals surface area contributed by atoms with Gasteiger partial charge in [0.2, 0.25) is 0 Å². The van der Waals surface area contributed by atoms with Crippen LogP contribution in [0.1, 0.15) is 246 Å². The molecule has 0 saturated carbocycles. The monoisotopic (exact) mass is 537 g/mol. The summed E-state index contributed by atoms with van der Waals surface area (Å²) in [4.78, 5) is 0. The van der Waals surface area contributed by atoms with E-state index in [-0.39, 0.29) is 0 Å². The zero-order chi connectivity index (χ0) is 28.0. The molecule has 0 heteroatoms. The van der Waals surface area contributed by atoms with Crippen LogP contribution in [0.5, 0.6) is 0 Å². The number of hydrogen-bond acceptors (Lipinski definition) is 0. The zero-order valence-electron chi connectivity index (χ0n) is 28.0. The maximum absolute atomic E-state index is 2.30. The fourth-order valence-electron chi connectivity index (χ4n) is 5.60. The summed E-state index contributed by atoms with van der Waals surface area (Å²) in [5, 5.41) is 0. The maximum Gasteiger partial charge on any atom is -0.0533 e. The Balaban J connectivity index is 0. The van der Waals surface area contributed by atoms with Gasteiger partial charge in [0.05, 0.1) is 0 Å². The molecule has 0 spiro atoms. The predicted octanol–water partition coefficient (Wildman–Crippen LogP) is 15.3. The molecule has 0 nitrogen and oxygen atoms in total. The molecule has 0 aliphatic heterocycles. The number of hydrogen-bond donors (Lipinski definition) is 0. The third-order valence-corrected chi connectivity index (χ3v) is 8.41. The Morgan fingerprint density at radius 2 is 0.211 bits per heavy atom. The second-order valence-corrected chi connectivity index (χ2v) is 12.6. The molecular formula is C38H80. The van der Waals surface area contributed by atoms with Gasteiger partial charge in [-0.25, -0.2) is 0 Å². The summed E-state index contributed by atoms with van der Waals surface area (Å²) in [6, 6.07) is 0. The lowest BCUT2D eigenvalue weighted by atomic mass is 10.0. The molecule has 38 heavy (non-hydrogen) atoms. The Morgan fingerprint density at radius 3 is 0.289 bits per heavy atom. The van der Waals surface area contributed by atoms with Gasteiger partial charge in [0.1, 0.15) is 0 Å². The van der Waals surface area contributed by atoms with E-state index >= 15 is 0 Å². The Hall–Kier alpha value is 0. The molecule has 0 amide bonds. The van der Waals surface area contributed by atoms with E-state index in [9.17, 15) is 0 Å². The normalized spacial score (nSPS) is 11.1. The van der Waals surface area contributed by atoms with Crippen LogP contribution < -0.4 is 0 Å². The average molecular weight is 537 g/mol. The van der Waals surface area contributed by atoms with E-state index in [1.165, 1.54) is 218 Å². The third kappa shape index (κ3) is 43.1. The van der Waals surface area contributed by atoms with Crippen LogP contribution in [0.2, 0.25) is 0 Å². The molecule has 0 heterocycles. The Morgan fingerprint density at radius 1 is 0.132 bits per heavy atom. The van der Waals surface area contributed by atoms with Crippen molar-refractivity contribution in [3.8, 4) is 0 Å². The summed E-state index contributed by atoms with van der Waals surface area (Å²) in [7, 11) is 0. The first-order valence-corrected chi connectivity index (χ1v) is 18.8. The molecular weight excluding hydrogens is 456 g/mol. The first-order chi connectivity index (χ1) is 18.8. The van der Waals surface area contributed by atoms with E-state index in [2.05, 4.69) is 27.7 Å². The molecule has 0 bridgehead atoms. The smallest absolute Gasteiger partial charge is 0.0533 e. The number of unbranched alkanes of at least 4 members (excludes halogenated alkanes) is 32. The van der Waals surface area contributed by atoms with E-state index in [1.807, 2.05) is 0 Å².